The molecule has 25 heavy (non-hydrogen) atoms. The second-order valence-electron chi connectivity index (χ2n) is 7.01. The van der Waals surface area contributed by atoms with Crippen LogP contribution in [0.5, 0.6) is 0 Å². The minimum Gasteiger partial charge on any atom is -0.304 e. The Hall–Kier alpha value is -1.69. The van der Waals surface area contributed by atoms with E-state index in [-0.39, 0.29) is 0 Å². The average molecular weight is 359 g/mol. The van der Waals surface area contributed by atoms with Crippen LogP contribution in [0.25, 0.3) is 11.1 Å². The molecule has 0 spiro atoms. The fraction of sp³-hybridized carbons (Fsp3) is 0.400. The Morgan fingerprint density at radius 1 is 0.880 bits per heavy atom. The van der Waals surface area contributed by atoms with Crippen LogP contribution in [0.3, 0.4) is 0 Å². The Morgan fingerprint density at radius 3 is 2.12 bits per heavy atom. The number of benzene rings is 2. The molecule has 2 aromatic rings. The van der Waals surface area contributed by atoms with Crippen LogP contribution in [0, 0.1) is 0 Å². The number of rotatable bonds is 4. The quantitative estimate of drug-likeness (QED) is 0.841. The van der Waals surface area contributed by atoms with Gasteiger partial charge in [-0.3, -0.25) is 0 Å². The monoisotopic (exact) mass is 358 g/mol. The lowest BCUT2D eigenvalue weighted by atomic mass is 9.97. The molecule has 2 aromatic carbocycles. The van der Waals surface area contributed by atoms with Crippen LogP contribution in [-0.4, -0.2) is 50.8 Å². The summed E-state index contributed by atoms with van der Waals surface area (Å²) in [6, 6.07) is 15.7. The second kappa shape index (κ2) is 7.28. The number of sulfonamides is 1. The standard InChI is InChI=1S/C20H26N2O2S/c1-16(2)18-5-4-6-19(15-18)17-7-9-20(10-8-17)25(23,24)22-13-11-21(3)12-14-22/h4-10,15-16H,11-14H2,1-3H3. The highest BCUT2D eigenvalue weighted by Gasteiger charge is 2.27. The van der Waals surface area contributed by atoms with E-state index >= 15 is 0 Å². The summed E-state index contributed by atoms with van der Waals surface area (Å²) < 4.78 is 27.2. The molecule has 0 aromatic heterocycles. The van der Waals surface area contributed by atoms with Gasteiger partial charge < -0.3 is 4.90 Å². The van der Waals surface area contributed by atoms with Gasteiger partial charge in [-0.2, -0.15) is 4.31 Å². The molecular formula is C20H26N2O2S. The highest BCUT2D eigenvalue weighted by molar-refractivity contribution is 7.89. The lowest BCUT2D eigenvalue weighted by molar-refractivity contribution is 0.222. The minimum atomic E-state index is -3.40. The van der Waals surface area contributed by atoms with Gasteiger partial charge in [0.1, 0.15) is 0 Å². The van der Waals surface area contributed by atoms with Gasteiger partial charge in [0.05, 0.1) is 4.90 Å². The summed E-state index contributed by atoms with van der Waals surface area (Å²) in [4.78, 5) is 2.53. The van der Waals surface area contributed by atoms with Gasteiger partial charge in [0.15, 0.2) is 0 Å². The van der Waals surface area contributed by atoms with Gasteiger partial charge in [0, 0.05) is 26.2 Å². The first-order chi connectivity index (χ1) is 11.9. The predicted octanol–water partition coefficient (Wildman–Crippen LogP) is 3.41. The van der Waals surface area contributed by atoms with Crippen LogP contribution < -0.4 is 0 Å². The number of hydrogen-bond acceptors (Lipinski definition) is 3. The number of hydrogen-bond donors (Lipinski definition) is 0. The molecule has 4 nitrogen and oxygen atoms in total. The normalized spacial score (nSPS) is 17.1. The molecule has 5 heteroatoms. The lowest BCUT2D eigenvalue weighted by Crippen LogP contribution is -2.46. The summed E-state index contributed by atoms with van der Waals surface area (Å²) in [5.41, 5.74) is 3.45. The fourth-order valence-corrected chi connectivity index (χ4v) is 4.50. The fourth-order valence-electron chi connectivity index (χ4n) is 3.07. The molecule has 1 fully saturated rings. The number of likely N-dealkylation sites (N-methyl/N-ethyl adjacent to an activating group) is 1. The first-order valence-corrected chi connectivity index (χ1v) is 10.2. The second-order valence-corrected chi connectivity index (χ2v) is 8.95. The highest BCUT2D eigenvalue weighted by Crippen LogP contribution is 2.26. The van der Waals surface area contributed by atoms with Gasteiger partial charge in [0.25, 0.3) is 0 Å². The zero-order valence-corrected chi connectivity index (χ0v) is 16.0. The summed E-state index contributed by atoms with van der Waals surface area (Å²) in [5.74, 6) is 0.469. The van der Waals surface area contributed by atoms with E-state index in [1.807, 2.05) is 19.2 Å². The predicted molar refractivity (Wildman–Crippen MR) is 102 cm³/mol. The van der Waals surface area contributed by atoms with Crippen LogP contribution in [-0.2, 0) is 10.0 Å². The van der Waals surface area contributed by atoms with E-state index in [0.717, 1.165) is 24.2 Å². The van der Waals surface area contributed by atoms with E-state index in [4.69, 9.17) is 0 Å². The molecule has 1 saturated heterocycles. The molecule has 1 aliphatic rings. The average Bonchev–Trinajstić information content (AvgIpc) is 2.62. The topological polar surface area (TPSA) is 40.6 Å². The maximum absolute atomic E-state index is 12.8. The van der Waals surface area contributed by atoms with Crippen molar-refractivity contribution in [3.63, 3.8) is 0 Å². The molecule has 0 atom stereocenters. The van der Waals surface area contributed by atoms with Gasteiger partial charge in [-0.25, -0.2) is 8.42 Å². The van der Waals surface area contributed by atoms with Crippen molar-refractivity contribution in [1.82, 2.24) is 9.21 Å². The largest absolute Gasteiger partial charge is 0.304 e. The first kappa shape index (κ1) is 18.1. The zero-order chi connectivity index (χ0) is 18.0. The van der Waals surface area contributed by atoms with Crippen molar-refractivity contribution in [3.8, 4) is 11.1 Å². The van der Waals surface area contributed by atoms with Gasteiger partial charge in [-0.05, 0) is 41.8 Å². The molecule has 0 unspecified atom stereocenters. The maximum Gasteiger partial charge on any atom is 0.243 e. The summed E-state index contributed by atoms with van der Waals surface area (Å²) in [7, 11) is -1.38. The maximum atomic E-state index is 12.8. The Balaban J connectivity index is 1.83. The van der Waals surface area contributed by atoms with Crippen molar-refractivity contribution < 1.29 is 8.42 Å². The van der Waals surface area contributed by atoms with Crippen LogP contribution in [0.4, 0.5) is 0 Å². The van der Waals surface area contributed by atoms with Gasteiger partial charge >= 0.3 is 0 Å². The molecule has 1 aliphatic heterocycles. The van der Waals surface area contributed by atoms with Crippen LogP contribution in [0.2, 0.25) is 0 Å². The van der Waals surface area contributed by atoms with E-state index in [2.05, 4.69) is 43.0 Å². The smallest absolute Gasteiger partial charge is 0.243 e. The molecule has 0 aliphatic carbocycles. The van der Waals surface area contributed by atoms with E-state index in [0.29, 0.717) is 23.9 Å². The molecule has 1 heterocycles. The van der Waals surface area contributed by atoms with Crippen molar-refractivity contribution in [2.45, 2.75) is 24.7 Å². The third-order valence-corrected chi connectivity index (χ3v) is 6.75. The Kier molecular flexibility index (Phi) is 5.27. The zero-order valence-electron chi connectivity index (χ0n) is 15.1. The highest BCUT2D eigenvalue weighted by atomic mass is 32.2. The summed E-state index contributed by atoms with van der Waals surface area (Å²) in [5, 5.41) is 0. The van der Waals surface area contributed by atoms with E-state index in [1.54, 1.807) is 16.4 Å². The van der Waals surface area contributed by atoms with E-state index in [1.165, 1.54) is 5.56 Å². The molecule has 0 radical (unpaired) electrons. The van der Waals surface area contributed by atoms with E-state index < -0.39 is 10.0 Å². The van der Waals surface area contributed by atoms with Crippen LogP contribution in [0.15, 0.2) is 53.4 Å². The van der Waals surface area contributed by atoms with Crippen molar-refractivity contribution >= 4 is 10.0 Å². The molecule has 0 saturated carbocycles. The van der Waals surface area contributed by atoms with Crippen molar-refractivity contribution in [1.29, 1.82) is 0 Å². The minimum absolute atomic E-state index is 0.376. The SMILES string of the molecule is CC(C)c1cccc(-c2ccc(S(=O)(=O)N3CCN(C)CC3)cc2)c1. The summed E-state index contributed by atoms with van der Waals surface area (Å²) in [6.45, 7) is 7.00. The molecule has 0 amide bonds. The van der Waals surface area contributed by atoms with Crippen LogP contribution >= 0.6 is 0 Å². The van der Waals surface area contributed by atoms with Crippen molar-refractivity contribution in [3.05, 3.63) is 54.1 Å². The number of piperazine rings is 1. The van der Waals surface area contributed by atoms with Gasteiger partial charge in [-0.15, -0.1) is 0 Å². The summed E-state index contributed by atoms with van der Waals surface area (Å²) >= 11 is 0. The van der Waals surface area contributed by atoms with Gasteiger partial charge in [-0.1, -0.05) is 50.2 Å². The van der Waals surface area contributed by atoms with Crippen LogP contribution in [0.1, 0.15) is 25.3 Å². The first-order valence-electron chi connectivity index (χ1n) is 8.77. The van der Waals surface area contributed by atoms with Crippen molar-refractivity contribution in [2.24, 2.45) is 0 Å². The molecule has 134 valence electrons. The third-order valence-electron chi connectivity index (χ3n) is 4.84. The molecule has 0 N–H and O–H groups in total. The Morgan fingerprint density at radius 2 is 1.52 bits per heavy atom. The lowest BCUT2D eigenvalue weighted by Gasteiger charge is -2.31. The van der Waals surface area contributed by atoms with Gasteiger partial charge in [0.2, 0.25) is 10.0 Å². The Labute approximate surface area is 151 Å². The third kappa shape index (κ3) is 3.94. The molecular weight excluding hydrogens is 332 g/mol. The van der Waals surface area contributed by atoms with Crippen molar-refractivity contribution in [2.75, 3.05) is 33.2 Å². The Bertz CT molecular complexity index is 821. The van der Waals surface area contributed by atoms with E-state index in [9.17, 15) is 8.42 Å². The molecule has 0 bridgehead atoms. The molecule has 3 rings (SSSR count). The number of nitrogens with zero attached hydrogens (tertiary/aromatic N) is 2. The summed E-state index contributed by atoms with van der Waals surface area (Å²) in [6.07, 6.45) is 0.